The highest BCUT2D eigenvalue weighted by molar-refractivity contribution is 5.47. The van der Waals surface area contributed by atoms with Crippen molar-refractivity contribution in [2.75, 3.05) is 24.3 Å². The molecular weight excluding hydrogens is 228 g/mol. The maximum Gasteiger partial charge on any atom is 0.133 e. The molecule has 2 unspecified atom stereocenters. The molecule has 0 fully saturated rings. The Hall–Kier alpha value is -1.36. The molecule has 3 N–H and O–H groups in total. The lowest BCUT2D eigenvalue weighted by atomic mass is 10.1. The molecule has 1 aromatic rings. The van der Waals surface area contributed by atoms with Gasteiger partial charge in [0.25, 0.3) is 0 Å². The summed E-state index contributed by atoms with van der Waals surface area (Å²) in [5.41, 5.74) is 0. The fraction of sp³-hybridized carbons (Fsp3) is 0.692. The van der Waals surface area contributed by atoms with Gasteiger partial charge in [-0.15, -0.1) is 0 Å². The summed E-state index contributed by atoms with van der Waals surface area (Å²) in [5, 5.41) is 15.5. The Bertz CT molecular complexity index is 370. The van der Waals surface area contributed by atoms with Gasteiger partial charge in [0.05, 0.1) is 0 Å². The molecule has 0 aliphatic rings. The second kappa shape index (κ2) is 7.16. The van der Waals surface area contributed by atoms with E-state index in [1.54, 1.807) is 0 Å². The van der Waals surface area contributed by atoms with Crippen LogP contribution in [0.4, 0.5) is 11.6 Å². The lowest BCUT2D eigenvalue weighted by molar-refractivity contribution is 0.226. The van der Waals surface area contributed by atoms with Gasteiger partial charge in [-0.2, -0.15) is 0 Å². The fourth-order valence-electron chi connectivity index (χ4n) is 1.57. The number of nitrogens with zero attached hydrogens (tertiary/aromatic N) is 2. The number of hydrogen-bond donors (Lipinski definition) is 3. The summed E-state index contributed by atoms with van der Waals surface area (Å²) in [5.74, 6) is 2.66. The van der Waals surface area contributed by atoms with Crippen LogP contribution < -0.4 is 10.6 Å². The monoisotopic (exact) mass is 252 g/mol. The standard InChI is InChI=1S/C13H24N4O/c1-5-6-11-16-12(14-4)7-13(17-11)15-10(3)9(2)8-18/h7,9-10,18H,5-6,8H2,1-4H3,(H2,14,15,16,17). The van der Waals surface area contributed by atoms with E-state index in [0.717, 1.165) is 30.3 Å². The van der Waals surface area contributed by atoms with E-state index in [9.17, 15) is 0 Å². The summed E-state index contributed by atoms with van der Waals surface area (Å²) in [4.78, 5) is 8.89. The minimum Gasteiger partial charge on any atom is -0.396 e. The molecule has 102 valence electrons. The number of aliphatic hydroxyl groups excluding tert-OH is 1. The van der Waals surface area contributed by atoms with Gasteiger partial charge in [-0.3, -0.25) is 0 Å². The van der Waals surface area contributed by atoms with Crippen LogP contribution in [0.3, 0.4) is 0 Å². The first kappa shape index (κ1) is 14.7. The predicted molar refractivity (Wildman–Crippen MR) is 74.9 cm³/mol. The van der Waals surface area contributed by atoms with Gasteiger partial charge in [0.2, 0.25) is 0 Å². The van der Waals surface area contributed by atoms with E-state index in [4.69, 9.17) is 5.11 Å². The Morgan fingerprint density at radius 3 is 2.50 bits per heavy atom. The first-order valence-corrected chi connectivity index (χ1v) is 6.53. The molecule has 0 saturated heterocycles. The summed E-state index contributed by atoms with van der Waals surface area (Å²) in [7, 11) is 1.85. The van der Waals surface area contributed by atoms with E-state index in [0.29, 0.717) is 0 Å². The minimum absolute atomic E-state index is 0.167. The van der Waals surface area contributed by atoms with Gasteiger partial charge in [0.1, 0.15) is 17.5 Å². The van der Waals surface area contributed by atoms with E-state index in [-0.39, 0.29) is 18.6 Å². The first-order valence-electron chi connectivity index (χ1n) is 6.53. The van der Waals surface area contributed by atoms with Crippen molar-refractivity contribution in [3.8, 4) is 0 Å². The Balaban J connectivity index is 2.83. The van der Waals surface area contributed by atoms with Gasteiger partial charge >= 0.3 is 0 Å². The van der Waals surface area contributed by atoms with Gasteiger partial charge in [-0.1, -0.05) is 13.8 Å². The Morgan fingerprint density at radius 1 is 1.28 bits per heavy atom. The first-order chi connectivity index (χ1) is 8.60. The number of rotatable bonds is 7. The van der Waals surface area contributed by atoms with E-state index in [1.807, 2.05) is 27.0 Å². The van der Waals surface area contributed by atoms with Crippen molar-refractivity contribution in [3.05, 3.63) is 11.9 Å². The molecule has 1 rings (SSSR count). The zero-order valence-electron chi connectivity index (χ0n) is 11.7. The molecule has 0 radical (unpaired) electrons. The van der Waals surface area contributed by atoms with Gasteiger partial charge in [0, 0.05) is 32.2 Å². The van der Waals surface area contributed by atoms with Gasteiger partial charge in [-0.05, 0) is 19.3 Å². The van der Waals surface area contributed by atoms with Crippen molar-refractivity contribution < 1.29 is 5.11 Å². The number of aromatic nitrogens is 2. The summed E-state index contributed by atoms with van der Waals surface area (Å²) >= 11 is 0. The second-order valence-corrected chi connectivity index (χ2v) is 4.65. The average Bonchev–Trinajstić information content (AvgIpc) is 2.37. The summed E-state index contributed by atoms with van der Waals surface area (Å²) in [6.07, 6.45) is 1.89. The molecule has 18 heavy (non-hydrogen) atoms. The number of nitrogens with one attached hydrogen (secondary N) is 2. The number of anilines is 2. The minimum atomic E-state index is 0.167. The Kier molecular flexibility index (Phi) is 5.85. The summed E-state index contributed by atoms with van der Waals surface area (Å²) < 4.78 is 0. The highest BCUT2D eigenvalue weighted by atomic mass is 16.3. The van der Waals surface area contributed by atoms with Crippen molar-refractivity contribution in [3.63, 3.8) is 0 Å². The second-order valence-electron chi connectivity index (χ2n) is 4.65. The maximum atomic E-state index is 9.14. The molecule has 0 aliphatic heterocycles. The van der Waals surface area contributed by atoms with Crippen LogP contribution in [0.2, 0.25) is 0 Å². The molecule has 0 bridgehead atoms. The average molecular weight is 252 g/mol. The largest absolute Gasteiger partial charge is 0.396 e. The summed E-state index contributed by atoms with van der Waals surface area (Å²) in [6.45, 7) is 6.32. The smallest absolute Gasteiger partial charge is 0.133 e. The Morgan fingerprint density at radius 2 is 1.94 bits per heavy atom. The van der Waals surface area contributed by atoms with E-state index in [2.05, 4.69) is 27.5 Å². The van der Waals surface area contributed by atoms with Gasteiger partial charge in [-0.25, -0.2) is 9.97 Å². The molecule has 2 atom stereocenters. The molecule has 0 spiro atoms. The zero-order valence-corrected chi connectivity index (χ0v) is 11.7. The number of aliphatic hydroxyl groups is 1. The van der Waals surface area contributed by atoms with Crippen molar-refractivity contribution in [1.29, 1.82) is 0 Å². The molecule has 5 heteroatoms. The van der Waals surface area contributed by atoms with E-state index < -0.39 is 0 Å². The summed E-state index contributed by atoms with van der Waals surface area (Å²) in [6, 6.07) is 2.06. The van der Waals surface area contributed by atoms with Crippen LogP contribution in [0.5, 0.6) is 0 Å². The van der Waals surface area contributed by atoms with Crippen LogP contribution in [-0.2, 0) is 6.42 Å². The quantitative estimate of drug-likeness (QED) is 0.691. The van der Waals surface area contributed by atoms with Gasteiger partial charge < -0.3 is 15.7 Å². The van der Waals surface area contributed by atoms with Crippen LogP contribution in [0.25, 0.3) is 0 Å². The maximum absolute atomic E-state index is 9.14. The third-order valence-corrected chi connectivity index (χ3v) is 3.02. The highest BCUT2D eigenvalue weighted by Gasteiger charge is 2.12. The zero-order chi connectivity index (χ0) is 13.5. The lowest BCUT2D eigenvalue weighted by Crippen LogP contribution is -2.27. The third-order valence-electron chi connectivity index (χ3n) is 3.02. The normalized spacial score (nSPS) is 14.1. The lowest BCUT2D eigenvalue weighted by Gasteiger charge is -2.20. The van der Waals surface area contributed by atoms with Crippen LogP contribution in [0, 0.1) is 5.92 Å². The fourth-order valence-corrected chi connectivity index (χ4v) is 1.57. The SMILES string of the molecule is CCCc1nc(NC)cc(NC(C)C(C)CO)n1. The van der Waals surface area contributed by atoms with Crippen molar-refractivity contribution in [1.82, 2.24) is 9.97 Å². The third kappa shape index (κ3) is 4.14. The molecular formula is C13H24N4O. The molecule has 1 aromatic heterocycles. The molecule has 5 nitrogen and oxygen atoms in total. The topological polar surface area (TPSA) is 70.1 Å². The van der Waals surface area contributed by atoms with Crippen LogP contribution in [-0.4, -0.2) is 34.8 Å². The van der Waals surface area contributed by atoms with Crippen LogP contribution in [0.1, 0.15) is 33.0 Å². The highest BCUT2D eigenvalue weighted by Crippen LogP contribution is 2.15. The number of hydrogen-bond acceptors (Lipinski definition) is 5. The molecule has 0 amide bonds. The number of aryl methyl sites for hydroxylation is 1. The predicted octanol–water partition coefficient (Wildman–Crippen LogP) is 1.90. The van der Waals surface area contributed by atoms with Crippen LogP contribution >= 0.6 is 0 Å². The van der Waals surface area contributed by atoms with Crippen LogP contribution in [0.15, 0.2) is 6.07 Å². The molecule has 0 aliphatic carbocycles. The molecule has 1 heterocycles. The van der Waals surface area contributed by atoms with E-state index in [1.165, 1.54) is 0 Å². The van der Waals surface area contributed by atoms with Crippen molar-refractivity contribution >= 4 is 11.6 Å². The van der Waals surface area contributed by atoms with Gasteiger partial charge in [0.15, 0.2) is 0 Å². The Labute approximate surface area is 109 Å². The van der Waals surface area contributed by atoms with Crippen molar-refractivity contribution in [2.24, 2.45) is 5.92 Å². The molecule has 0 saturated carbocycles. The van der Waals surface area contributed by atoms with E-state index >= 15 is 0 Å². The van der Waals surface area contributed by atoms with Crippen molar-refractivity contribution in [2.45, 2.75) is 39.7 Å². The molecule has 0 aromatic carbocycles.